The fraction of sp³-hybridized carbons (Fsp3) is 0. The second-order valence-electron chi connectivity index (χ2n) is 0.796. The van der Waals surface area contributed by atoms with E-state index in [1.807, 2.05) is 0 Å². The average Bonchev–Trinajstić information content (AvgIpc) is 1.19. The summed E-state index contributed by atoms with van der Waals surface area (Å²) in [6, 6.07) is 0. The van der Waals surface area contributed by atoms with E-state index in [0.29, 0.717) is 0 Å². The molecule has 0 aliphatic rings. The zero-order chi connectivity index (χ0) is 8.08. The van der Waals surface area contributed by atoms with E-state index in [-0.39, 0.29) is 98.5 Å². The molecule has 0 amide bonds. The molecule has 0 unspecified atom stereocenters. The molecule has 0 aliphatic carbocycles. The summed E-state index contributed by atoms with van der Waals surface area (Å²) >= 11 is 0. The van der Waals surface area contributed by atoms with E-state index in [9.17, 15) is 0 Å². The molecule has 12 heavy (non-hydrogen) atoms. The first kappa shape index (κ1) is 29.3. The largest absolute Gasteiger partial charge is 2.00 e. The summed E-state index contributed by atoms with van der Waals surface area (Å²) < 4.78 is 17.6. The molecule has 0 aromatic heterocycles. The minimum Gasteiger partial charge on any atom is -1.00 e. The van der Waals surface area contributed by atoms with Crippen molar-refractivity contribution in [3.8, 4) is 0 Å². The van der Waals surface area contributed by atoms with Gasteiger partial charge in [0.05, 0.1) is 0 Å². The van der Waals surface area contributed by atoms with Crippen LogP contribution in [0.3, 0.4) is 0 Å². The molecule has 0 aromatic rings. The van der Waals surface area contributed by atoms with Gasteiger partial charge >= 0.3 is 92.5 Å². The summed E-state index contributed by atoms with van der Waals surface area (Å²) in [6.07, 6.45) is 0. The van der Waals surface area contributed by atoms with Crippen molar-refractivity contribution in [2.45, 2.75) is 0 Å². The summed E-state index contributed by atoms with van der Waals surface area (Å²) in [5, 5.41) is 0. The van der Waals surface area contributed by atoms with Crippen LogP contribution in [0.4, 0.5) is 0 Å². The molecule has 0 aromatic carbocycles. The van der Waals surface area contributed by atoms with Gasteiger partial charge in [-0.3, -0.25) is 4.46 Å². The van der Waals surface area contributed by atoms with Gasteiger partial charge in [0.1, 0.15) is 0 Å². The summed E-state index contributed by atoms with van der Waals surface area (Å²) in [5.41, 5.74) is 0. The predicted molar refractivity (Wildman–Crippen MR) is 51.0 cm³/mol. The number of phosphoric acid groups is 1. The molecule has 0 atom stereocenters. The third-order valence-electron chi connectivity index (χ3n) is 0. The van der Waals surface area contributed by atoms with Gasteiger partial charge in [-0.05, 0) is 0 Å². The van der Waals surface area contributed by atoms with Gasteiger partial charge in [0.2, 0.25) is 0 Å². The average molecular weight is 290 g/mol. The minimum absolute atomic E-state index is 0. The van der Waals surface area contributed by atoms with Crippen LogP contribution in [0.2, 0.25) is 0 Å². The molecule has 7 nitrogen and oxygen atoms in total. The van der Waals surface area contributed by atoms with Crippen molar-refractivity contribution >= 4 is 110 Å². The first-order valence-corrected chi connectivity index (χ1v) is 4.30. The van der Waals surface area contributed by atoms with Gasteiger partial charge < -0.3 is 30.0 Å². The van der Waals surface area contributed by atoms with Crippen LogP contribution in [0, 0.1) is 0 Å². The molecule has 70 valence electrons. The van der Waals surface area contributed by atoms with E-state index < -0.39 is 17.0 Å². The zero-order valence-electron chi connectivity index (χ0n) is 9.41. The number of hydrogen-bond acceptors (Lipinski definition) is 2. The van der Waals surface area contributed by atoms with E-state index >= 15 is 0 Å². The fourth-order valence-electron chi connectivity index (χ4n) is 0. The summed E-state index contributed by atoms with van der Waals surface area (Å²) in [6.45, 7) is 0. The van der Waals surface area contributed by atoms with Crippen molar-refractivity contribution in [2.75, 3.05) is 0 Å². The van der Waals surface area contributed by atoms with Crippen molar-refractivity contribution in [1.29, 1.82) is 0 Å². The molecule has 0 fully saturated rings. The van der Waals surface area contributed by atoms with E-state index in [0.717, 1.165) is 0 Å². The van der Waals surface area contributed by atoms with Crippen LogP contribution in [0.5, 0.6) is 0 Å². The predicted octanol–water partition coefficient (Wildman–Crippen LogP) is -4.04. The number of hydrogen-bond donors (Lipinski definition) is 5. The van der Waals surface area contributed by atoms with Crippen LogP contribution >= 0.6 is 7.82 Å². The first-order chi connectivity index (χ1) is 3.73. The second-order valence-corrected chi connectivity index (χ2v) is 2.39. The smallest absolute Gasteiger partial charge is 1.00 e. The second kappa shape index (κ2) is 16.2. The van der Waals surface area contributed by atoms with Gasteiger partial charge in [-0.25, -0.2) is 4.57 Å². The van der Waals surface area contributed by atoms with Crippen LogP contribution in [-0.4, -0.2) is 126 Å². The van der Waals surface area contributed by atoms with E-state index in [1.54, 1.807) is 0 Å². The Balaban J connectivity index is -0.00000000614. The molecule has 0 aliphatic heterocycles. The molecule has 0 rings (SSSR count). The van der Waals surface area contributed by atoms with E-state index in [4.69, 9.17) is 33.3 Å². The molecular weight excluding hydrogens is 278 g/mol. The van der Waals surface area contributed by atoms with Gasteiger partial charge in [0, 0.05) is 0 Å². The van der Waals surface area contributed by atoms with Crippen LogP contribution in [0.1, 0.15) is 5.71 Å². The topological polar surface area (TPSA) is 135 Å². The fourth-order valence-corrected chi connectivity index (χ4v) is 0. The molecule has 0 heterocycles. The molecule has 0 saturated heterocycles. The Labute approximate surface area is 146 Å². The van der Waals surface area contributed by atoms with E-state index in [2.05, 4.69) is 0 Å². The molecule has 0 radical (unpaired) electrons. The third-order valence-corrected chi connectivity index (χ3v) is 0. The Bertz CT molecular complexity index is 134. The third kappa shape index (κ3) is 230. The van der Waals surface area contributed by atoms with E-state index in [1.165, 1.54) is 0 Å². The SMILES string of the molecule is O=P(O)(O)O.O=[Si](O)O.[AlH3].[Ca+2].[Ca+2].[H-].[H-].[H-].[H-]. The molecule has 0 spiro atoms. The van der Waals surface area contributed by atoms with Crippen LogP contribution in [0.15, 0.2) is 0 Å². The Morgan fingerprint density at radius 3 is 1.08 bits per heavy atom. The van der Waals surface area contributed by atoms with Crippen molar-refractivity contribution in [3.63, 3.8) is 0 Å². The zero-order valence-corrected chi connectivity index (χ0v) is 11.7. The van der Waals surface area contributed by atoms with Crippen LogP contribution < -0.4 is 0 Å². The minimum atomic E-state index is -4.64. The van der Waals surface area contributed by atoms with Crippen molar-refractivity contribution in [2.24, 2.45) is 0 Å². The monoisotopic (exact) mass is 290 g/mol. The summed E-state index contributed by atoms with van der Waals surface area (Å²) in [4.78, 5) is 35.9. The van der Waals surface area contributed by atoms with Gasteiger partial charge in [0.15, 0.2) is 17.4 Å². The van der Waals surface area contributed by atoms with Crippen LogP contribution in [0.25, 0.3) is 0 Å². The number of rotatable bonds is 0. The van der Waals surface area contributed by atoms with Crippen LogP contribution in [-0.2, 0) is 9.03 Å². The van der Waals surface area contributed by atoms with Gasteiger partial charge in [-0.2, -0.15) is 0 Å². The quantitative estimate of drug-likeness (QED) is 0.226. The molecule has 12 heteroatoms. The molecular formula is H12AlCa2O7PSi. The molecule has 5 N–H and O–H groups in total. The first-order valence-electron chi connectivity index (χ1n) is 1.43. The molecule has 0 saturated carbocycles. The van der Waals surface area contributed by atoms with Gasteiger partial charge in [0.25, 0.3) is 0 Å². The normalized spacial score (nSPS) is 6.92. The maximum atomic E-state index is 8.88. The van der Waals surface area contributed by atoms with Crippen molar-refractivity contribution in [1.82, 2.24) is 0 Å². The Hall–Kier alpha value is 2.78. The Kier molecular flexibility index (Phi) is 39.7. The van der Waals surface area contributed by atoms with Crippen molar-refractivity contribution < 1.29 is 39.0 Å². The standard InChI is InChI=1S/Al.2Ca.H3O4P.H2O3Si.7H/c;;;1-5(2,3)4;1-4(2)3;;;;;;;/h;;;(H3,1,2,3,4);1-2H;;;;;;;/q;2*+2;;;;;;4*-1. The summed E-state index contributed by atoms with van der Waals surface area (Å²) in [7, 11) is -7.77. The maximum absolute atomic E-state index is 8.88. The summed E-state index contributed by atoms with van der Waals surface area (Å²) in [5.74, 6) is 0. The Morgan fingerprint density at radius 1 is 1.08 bits per heavy atom. The van der Waals surface area contributed by atoms with Crippen molar-refractivity contribution in [3.05, 3.63) is 0 Å². The van der Waals surface area contributed by atoms with Gasteiger partial charge in [-0.15, -0.1) is 0 Å². The molecule has 0 bridgehead atoms. The Morgan fingerprint density at radius 2 is 1.08 bits per heavy atom. The maximum Gasteiger partial charge on any atom is 2.00 e. The van der Waals surface area contributed by atoms with Gasteiger partial charge in [-0.1, -0.05) is 0 Å².